The number of rotatable bonds is 53. The van der Waals surface area contributed by atoms with Crippen molar-refractivity contribution in [2.24, 2.45) is 5.73 Å². The summed E-state index contributed by atoms with van der Waals surface area (Å²) in [5.74, 6) is -0.846. The molecule has 0 fully saturated rings. The number of allylic oxidation sites excluding steroid dienone is 14. The average Bonchev–Trinajstić information content (AvgIpc) is 3.35. The molecule has 10 heteroatoms. The molecule has 0 aliphatic rings. The molecular formula is C60H106NO8P. The molecule has 0 saturated carbocycles. The van der Waals surface area contributed by atoms with Crippen molar-refractivity contribution < 1.29 is 37.6 Å². The molecule has 0 aliphatic heterocycles. The van der Waals surface area contributed by atoms with Crippen LogP contribution < -0.4 is 5.73 Å². The first kappa shape index (κ1) is 67.2. The summed E-state index contributed by atoms with van der Waals surface area (Å²) >= 11 is 0. The van der Waals surface area contributed by atoms with Gasteiger partial charge in [-0.05, 0) is 70.6 Å². The SMILES string of the molecule is CC/C=C\C/C=C\C/C=C\C/C=C\C/C=C\C/C=C\C/C=C\CCCCCCCC(=O)OC(COC(=O)CCCCCCCCCCCCCCCCCCCCCCCC)COP(=O)(O)OCCN. The summed E-state index contributed by atoms with van der Waals surface area (Å²) in [5, 5.41) is 0. The van der Waals surface area contributed by atoms with Gasteiger partial charge in [0.15, 0.2) is 6.10 Å². The van der Waals surface area contributed by atoms with Gasteiger partial charge >= 0.3 is 19.8 Å². The van der Waals surface area contributed by atoms with E-state index in [1.807, 2.05) is 0 Å². The molecule has 2 unspecified atom stereocenters. The lowest BCUT2D eigenvalue weighted by molar-refractivity contribution is -0.161. The molecule has 0 saturated heterocycles. The summed E-state index contributed by atoms with van der Waals surface area (Å²) < 4.78 is 33.0. The fourth-order valence-electron chi connectivity index (χ4n) is 7.85. The van der Waals surface area contributed by atoms with Crippen LogP contribution in [0.15, 0.2) is 85.1 Å². The van der Waals surface area contributed by atoms with Crippen molar-refractivity contribution in [1.82, 2.24) is 0 Å². The maximum atomic E-state index is 12.7. The van der Waals surface area contributed by atoms with Crippen LogP contribution in [0.4, 0.5) is 0 Å². The predicted molar refractivity (Wildman–Crippen MR) is 298 cm³/mol. The molecule has 70 heavy (non-hydrogen) atoms. The number of ether oxygens (including phenoxy) is 2. The number of nitrogens with two attached hydrogens (primary N) is 1. The van der Waals surface area contributed by atoms with Gasteiger partial charge in [-0.3, -0.25) is 18.6 Å². The lowest BCUT2D eigenvalue weighted by Crippen LogP contribution is -2.29. The third-order valence-electron chi connectivity index (χ3n) is 12.0. The zero-order chi connectivity index (χ0) is 51.0. The standard InChI is InChI=1S/C60H106NO8P/c1-3-5-7-9-11-13-15-17-19-21-23-25-27-28-29-30-31-33-35-37-39-41-43-45-47-49-51-53-60(63)69-58(57-68-70(64,65)67-55-54-61)56-66-59(62)52-50-48-46-44-42-40-38-36-34-32-26-24-22-20-18-16-14-12-10-8-6-4-2/h5,7,11,13,17,19,23,25,28-29,31,33,37,39,58H,3-4,6,8-10,12,14-16,18,20-22,24,26-27,30,32,34-36,38,40-57,61H2,1-2H3,(H,64,65)/b7-5-,13-11-,19-17-,25-23-,29-28-,33-31-,39-37-. The van der Waals surface area contributed by atoms with Crippen molar-refractivity contribution in [3.8, 4) is 0 Å². The second-order valence-corrected chi connectivity index (χ2v) is 20.2. The monoisotopic (exact) mass is 1000 g/mol. The highest BCUT2D eigenvalue weighted by molar-refractivity contribution is 7.47. The molecule has 0 rings (SSSR count). The topological polar surface area (TPSA) is 134 Å². The van der Waals surface area contributed by atoms with Crippen LogP contribution in [0.3, 0.4) is 0 Å². The molecular weight excluding hydrogens is 894 g/mol. The van der Waals surface area contributed by atoms with Crippen LogP contribution in [0.2, 0.25) is 0 Å². The molecule has 0 radical (unpaired) electrons. The summed E-state index contributed by atoms with van der Waals surface area (Å²) in [4.78, 5) is 35.2. The summed E-state index contributed by atoms with van der Waals surface area (Å²) in [6.45, 7) is 3.63. The Kier molecular flexibility index (Phi) is 53.3. The van der Waals surface area contributed by atoms with Crippen molar-refractivity contribution in [1.29, 1.82) is 0 Å². The zero-order valence-corrected chi connectivity index (χ0v) is 45.9. The number of hydrogen-bond acceptors (Lipinski definition) is 8. The van der Waals surface area contributed by atoms with Crippen molar-refractivity contribution in [2.75, 3.05) is 26.4 Å². The minimum absolute atomic E-state index is 0.0469. The van der Waals surface area contributed by atoms with Gasteiger partial charge in [0.1, 0.15) is 6.61 Å². The number of phosphoric ester groups is 1. The van der Waals surface area contributed by atoms with Crippen molar-refractivity contribution in [3.05, 3.63) is 85.1 Å². The minimum atomic E-state index is -4.40. The molecule has 0 amide bonds. The number of esters is 2. The lowest BCUT2D eigenvalue weighted by atomic mass is 10.0. The van der Waals surface area contributed by atoms with E-state index in [9.17, 15) is 19.0 Å². The Labute approximate surface area is 430 Å². The number of hydrogen-bond donors (Lipinski definition) is 2. The van der Waals surface area contributed by atoms with Crippen LogP contribution in [0.5, 0.6) is 0 Å². The third-order valence-corrected chi connectivity index (χ3v) is 13.0. The summed E-state index contributed by atoms with van der Waals surface area (Å²) in [6, 6.07) is 0. The van der Waals surface area contributed by atoms with Gasteiger partial charge < -0.3 is 20.1 Å². The lowest BCUT2D eigenvalue weighted by Gasteiger charge is -2.19. The Morgan fingerprint density at radius 3 is 1.17 bits per heavy atom. The Morgan fingerprint density at radius 1 is 0.443 bits per heavy atom. The number of phosphoric acid groups is 1. The van der Waals surface area contributed by atoms with Gasteiger partial charge in [0.05, 0.1) is 13.2 Å². The average molecular weight is 1000 g/mol. The number of unbranched alkanes of at least 4 members (excludes halogenated alkanes) is 26. The highest BCUT2D eigenvalue weighted by Crippen LogP contribution is 2.43. The van der Waals surface area contributed by atoms with Crippen LogP contribution in [0.25, 0.3) is 0 Å². The minimum Gasteiger partial charge on any atom is -0.462 e. The summed E-state index contributed by atoms with van der Waals surface area (Å²) in [5.41, 5.74) is 5.38. The quantitative estimate of drug-likeness (QED) is 0.0264. The largest absolute Gasteiger partial charge is 0.472 e. The van der Waals surface area contributed by atoms with E-state index in [4.69, 9.17) is 24.3 Å². The normalized spacial score (nSPS) is 13.7. The van der Waals surface area contributed by atoms with E-state index in [1.165, 1.54) is 122 Å². The van der Waals surface area contributed by atoms with Gasteiger partial charge in [0.25, 0.3) is 0 Å². The van der Waals surface area contributed by atoms with Gasteiger partial charge in [-0.2, -0.15) is 0 Å². The van der Waals surface area contributed by atoms with E-state index in [2.05, 4.69) is 98.9 Å². The van der Waals surface area contributed by atoms with Crippen molar-refractivity contribution >= 4 is 19.8 Å². The van der Waals surface area contributed by atoms with Crippen molar-refractivity contribution in [3.63, 3.8) is 0 Å². The zero-order valence-electron chi connectivity index (χ0n) is 45.0. The van der Waals surface area contributed by atoms with E-state index in [0.717, 1.165) is 96.3 Å². The smallest absolute Gasteiger partial charge is 0.462 e. The summed E-state index contributed by atoms with van der Waals surface area (Å²) in [7, 11) is -4.40. The van der Waals surface area contributed by atoms with E-state index < -0.39 is 26.5 Å². The Balaban J connectivity index is 4.05. The molecule has 0 aromatic rings. The number of carbonyl (C=O) groups is 2. The van der Waals surface area contributed by atoms with Crippen LogP contribution in [0, 0.1) is 0 Å². The molecule has 3 N–H and O–H groups in total. The molecule has 0 aromatic carbocycles. The first-order valence-corrected chi connectivity index (χ1v) is 30.1. The second-order valence-electron chi connectivity index (χ2n) is 18.8. The Bertz CT molecular complexity index is 1420. The fraction of sp³-hybridized carbons (Fsp3) is 0.733. The highest BCUT2D eigenvalue weighted by atomic mass is 31.2. The van der Waals surface area contributed by atoms with Gasteiger partial charge in [-0.25, -0.2) is 4.57 Å². The molecule has 0 bridgehead atoms. The first-order valence-electron chi connectivity index (χ1n) is 28.6. The second kappa shape index (κ2) is 55.5. The van der Waals surface area contributed by atoms with Crippen LogP contribution >= 0.6 is 7.82 Å². The maximum Gasteiger partial charge on any atom is 0.472 e. The third kappa shape index (κ3) is 54.5. The van der Waals surface area contributed by atoms with Crippen LogP contribution in [-0.2, 0) is 32.7 Å². The van der Waals surface area contributed by atoms with Gasteiger partial charge in [-0.1, -0.05) is 253 Å². The molecule has 404 valence electrons. The fourth-order valence-corrected chi connectivity index (χ4v) is 8.62. The molecule has 2 atom stereocenters. The highest BCUT2D eigenvalue weighted by Gasteiger charge is 2.26. The van der Waals surface area contributed by atoms with Crippen molar-refractivity contribution in [2.45, 2.75) is 258 Å². The van der Waals surface area contributed by atoms with Crippen LogP contribution in [-0.4, -0.2) is 49.3 Å². The van der Waals surface area contributed by atoms with Crippen LogP contribution in [0.1, 0.15) is 251 Å². The summed E-state index contributed by atoms with van der Waals surface area (Å²) in [6.07, 6.45) is 72.0. The molecule has 0 aromatic heterocycles. The van der Waals surface area contributed by atoms with Gasteiger partial charge in [0.2, 0.25) is 0 Å². The van der Waals surface area contributed by atoms with Gasteiger partial charge in [-0.15, -0.1) is 0 Å². The van der Waals surface area contributed by atoms with E-state index in [1.54, 1.807) is 0 Å². The van der Waals surface area contributed by atoms with E-state index >= 15 is 0 Å². The Morgan fingerprint density at radius 2 is 0.786 bits per heavy atom. The predicted octanol–water partition coefficient (Wildman–Crippen LogP) is 17.9. The maximum absolute atomic E-state index is 12.7. The Hall–Kier alpha value is -2.81. The molecule has 0 spiro atoms. The van der Waals surface area contributed by atoms with E-state index in [0.29, 0.717) is 6.42 Å². The number of carbonyl (C=O) groups excluding carboxylic acids is 2. The first-order chi connectivity index (χ1) is 34.3. The van der Waals surface area contributed by atoms with Gasteiger partial charge in [0, 0.05) is 19.4 Å². The molecule has 0 aliphatic carbocycles. The van der Waals surface area contributed by atoms with E-state index in [-0.39, 0.29) is 38.6 Å². The molecule has 9 nitrogen and oxygen atoms in total. The molecule has 0 heterocycles.